The van der Waals surface area contributed by atoms with Crippen molar-refractivity contribution >= 4 is 17.8 Å². The number of allylic oxidation sites excluding steroid dienone is 2. The lowest BCUT2D eigenvalue weighted by Crippen LogP contribution is -2.47. The number of hydrogen-bond acceptors (Lipinski definition) is 3. The molecule has 0 aromatic heterocycles. The zero-order valence-corrected chi connectivity index (χ0v) is 13.0. The van der Waals surface area contributed by atoms with E-state index in [4.69, 9.17) is 5.11 Å². The Kier molecular flexibility index (Phi) is 5.57. The first-order chi connectivity index (χ1) is 10.5. The average Bonchev–Trinajstić information content (AvgIpc) is 3.00. The maximum Gasteiger partial charge on any atom is 0.308 e. The molecule has 22 heavy (non-hydrogen) atoms. The number of piperidine rings is 1. The summed E-state index contributed by atoms with van der Waals surface area (Å²) >= 11 is 0. The third kappa shape index (κ3) is 4.32. The molecular formula is C16H24N2O4. The lowest BCUT2D eigenvalue weighted by Gasteiger charge is -2.32. The molecule has 0 aromatic carbocycles. The highest BCUT2D eigenvalue weighted by Gasteiger charge is 2.29. The van der Waals surface area contributed by atoms with Crippen LogP contribution in [0.25, 0.3) is 0 Å². The summed E-state index contributed by atoms with van der Waals surface area (Å²) < 4.78 is 0. The van der Waals surface area contributed by atoms with E-state index in [-0.39, 0.29) is 30.8 Å². The number of likely N-dealkylation sites (N-methyl/N-ethyl adjacent to an activating group) is 1. The number of rotatable bonds is 5. The minimum Gasteiger partial charge on any atom is -0.481 e. The van der Waals surface area contributed by atoms with Gasteiger partial charge in [0.1, 0.15) is 0 Å². The number of likely N-dealkylation sites (tertiary alicyclic amines) is 1. The van der Waals surface area contributed by atoms with E-state index < -0.39 is 11.9 Å². The van der Waals surface area contributed by atoms with Gasteiger partial charge in [0.05, 0.1) is 12.5 Å². The molecule has 1 fully saturated rings. The summed E-state index contributed by atoms with van der Waals surface area (Å²) in [4.78, 5) is 38.4. The van der Waals surface area contributed by atoms with Crippen molar-refractivity contribution < 1.29 is 19.5 Å². The standard InChI is InChI=1S/C16H24N2O4/c1-17(14(19)9-12-5-2-3-6-12)11-15(20)18-8-4-7-13(10-18)16(21)22/h2,5,12-13H,3-4,6-11H2,1H3,(H,21,22). The maximum absolute atomic E-state index is 12.2. The topological polar surface area (TPSA) is 77.9 Å². The molecule has 2 amide bonds. The fourth-order valence-electron chi connectivity index (χ4n) is 3.04. The molecule has 0 radical (unpaired) electrons. The molecule has 0 aromatic rings. The van der Waals surface area contributed by atoms with Crippen LogP contribution in [0.15, 0.2) is 12.2 Å². The summed E-state index contributed by atoms with van der Waals surface area (Å²) in [7, 11) is 1.64. The molecule has 0 bridgehead atoms. The van der Waals surface area contributed by atoms with Crippen LogP contribution >= 0.6 is 0 Å². The van der Waals surface area contributed by atoms with Crippen LogP contribution in [-0.4, -0.2) is 59.4 Å². The van der Waals surface area contributed by atoms with E-state index in [1.54, 1.807) is 11.9 Å². The number of nitrogens with zero attached hydrogens (tertiary/aromatic N) is 2. The molecule has 0 saturated carbocycles. The summed E-state index contributed by atoms with van der Waals surface area (Å²) in [5.74, 6) is -1.24. The quantitative estimate of drug-likeness (QED) is 0.772. The highest BCUT2D eigenvalue weighted by atomic mass is 16.4. The summed E-state index contributed by atoms with van der Waals surface area (Å²) in [5, 5.41) is 9.06. The normalized spacial score (nSPS) is 24.3. The Hall–Kier alpha value is -1.85. The number of carbonyl (C=O) groups is 3. The molecule has 1 aliphatic heterocycles. The Morgan fingerprint density at radius 1 is 1.32 bits per heavy atom. The number of carboxylic acids is 1. The summed E-state index contributed by atoms with van der Waals surface area (Å²) in [6, 6.07) is 0. The monoisotopic (exact) mass is 308 g/mol. The van der Waals surface area contributed by atoms with Crippen LogP contribution in [0.2, 0.25) is 0 Å². The molecule has 2 atom stereocenters. The number of hydrogen-bond donors (Lipinski definition) is 1. The molecule has 1 heterocycles. The van der Waals surface area contributed by atoms with Crippen LogP contribution < -0.4 is 0 Å². The predicted molar refractivity (Wildman–Crippen MR) is 81.1 cm³/mol. The van der Waals surface area contributed by atoms with Crippen LogP contribution in [0.1, 0.15) is 32.1 Å². The van der Waals surface area contributed by atoms with Gasteiger partial charge >= 0.3 is 5.97 Å². The average molecular weight is 308 g/mol. The molecule has 6 heteroatoms. The van der Waals surface area contributed by atoms with E-state index in [2.05, 4.69) is 12.2 Å². The zero-order valence-electron chi connectivity index (χ0n) is 13.0. The Morgan fingerprint density at radius 2 is 2.09 bits per heavy atom. The van der Waals surface area contributed by atoms with Crippen LogP contribution in [0, 0.1) is 11.8 Å². The Bertz CT molecular complexity index is 475. The first kappa shape index (κ1) is 16.5. The minimum absolute atomic E-state index is 0.0294. The van der Waals surface area contributed by atoms with E-state index >= 15 is 0 Å². The first-order valence-corrected chi connectivity index (χ1v) is 7.88. The van der Waals surface area contributed by atoms with E-state index in [1.807, 2.05) is 0 Å². The summed E-state index contributed by atoms with van der Waals surface area (Å²) in [6.07, 6.45) is 7.93. The van der Waals surface area contributed by atoms with Crippen molar-refractivity contribution in [1.82, 2.24) is 9.80 Å². The number of carboxylic acid groups (broad SMARTS) is 1. The van der Waals surface area contributed by atoms with Crippen LogP contribution in [0.3, 0.4) is 0 Å². The molecule has 2 unspecified atom stereocenters. The molecule has 2 aliphatic rings. The van der Waals surface area contributed by atoms with Crippen molar-refractivity contribution in [2.45, 2.75) is 32.1 Å². The lowest BCUT2D eigenvalue weighted by molar-refractivity contribution is -0.147. The van der Waals surface area contributed by atoms with Gasteiger partial charge in [-0.1, -0.05) is 12.2 Å². The second-order valence-electron chi connectivity index (χ2n) is 6.24. The number of aliphatic carboxylic acids is 1. The van der Waals surface area contributed by atoms with Crippen molar-refractivity contribution in [3.05, 3.63) is 12.2 Å². The Morgan fingerprint density at radius 3 is 2.73 bits per heavy atom. The highest BCUT2D eigenvalue weighted by Crippen LogP contribution is 2.21. The third-order valence-electron chi connectivity index (χ3n) is 4.47. The van der Waals surface area contributed by atoms with Crippen molar-refractivity contribution in [2.24, 2.45) is 11.8 Å². The predicted octanol–water partition coefficient (Wildman–Crippen LogP) is 1.12. The van der Waals surface area contributed by atoms with Gasteiger partial charge in [0, 0.05) is 26.6 Å². The van der Waals surface area contributed by atoms with Crippen LogP contribution in [0.4, 0.5) is 0 Å². The molecule has 1 saturated heterocycles. The fourth-order valence-corrected chi connectivity index (χ4v) is 3.04. The van der Waals surface area contributed by atoms with E-state index in [0.29, 0.717) is 25.8 Å². The Balaban J connectivity index is 1.81. The van der Waals surface area contributed by atoms with Gasteiger partial charge in [-0.25, -0.2) is 0 Å². The van der Waals surface area contributed by atoms with Crippen molar-refractivity contribution in [1.29, 1.82) is 0 Å². The minimum atomic E-state index is -0.852. The molecule has 6 nitrogen and oxygen atoms in total. The number of carbonyl (C=O) groups excluding carboxylic acids is 2. The van der Waals surface area contributed by atoms with Crippen LogP contribution in [-0.2, 0) is 14.4 Å². The SMILES string of the molecule is CN(CC(=O)N1CCCC(C(=O)O)C1)C(=O)CC1C=CCC1. The molecule has 122 valence electrons. The lowest BCUT2D eigenvalue weighted by atomic mass is 9.98. The van der Waals surface area contributed by atoms with Gasteiger partial charge in [-0.3, -0.25) is 14.4 Å². The molecule has 1 N–H and O–H groups in total. The summed E-state index contributed by atoms with van der Waals surface area (Å²) in [6.45, 7) is 0.860. The smallest absolute Gasteiger partial charge is 0.308 e. The van der Waals surface area contributed by atoms with E-state index in [9.17, 15) is 14.4 Å². The van der Waals surface area contributed by atoms with Crippen molar-refractivity contribution in [3.63, 3.8) is 0 Å². The zero-order chi connectivity index (χ0) is 16.1. The van der Waals surface area contributed by atoms with Gasteiger partial charge in [-0.15, -0.1) is 0 Å². The van der Waals surface area contributed by atoms with E-state index in [1.165, 1.54) is 4.90 Å². The molecule has 0 spiro atoms. The third-order valence-corrected chi connectivity index (χ3v) is 4.47. The van der Waals surface area contributed by atoms with Gasteiger partial charge in [-0.05, 0) is 31.6 Å². The van der Waals surface area contributed by atoms with E-state index in [0.717, 1.165) is 12.8 Å². The Labute approximate surface area is 130 Å². The second kappa shape index (κ2) is 7.42. The van der Waals surface area contributed by atoms with Crippen molar-refractivity contribution in [3.8, 4) is 0 Å². The molecule has 1 aliphatic carbocycles. The van der Waals surface area contributed by atoms with Gasteiger partial charge in [0.15, 0.2) is 0 Å². The van der Waals surface area contributed by atoms with Gasteiger partial charge in [0.25, 0.3) is 0 Å². The van der Waals surface area contributed by atoms with Crippen LogP contribution in [0.5, 0.6) is 0 Å². The van der Waals surface area contributed by atoms with Gasteiger partial charge in [-0.2, -0.15) is 0 Å². The molecule has 2 rings (SSSR count). The van der Waals surface area contributed by atoms with Gasteiger partial charge < -0.3 is 14.9 Å². The number of amides is 2. The maximum atomic E-state index is 12.2. The largest absolute Gasteiger partial charge is 0.481 e. The first-order valence-electron chi connectivity index (χ1n) is 7.88. The van der Waals surface area contributed by atoms with Gasteiger partial charge in [0.2, 0.25) is 11.8 Å². The highest BCUT2D eigenvalue weighted by molar-refractivity contribution is 5.85. The summed E-state index contributed by atoms with van der Waals surface area (Å²) in [5.41, 5.74) is 0. The molecular weight excluding hydrogens is 284 g/mol. The second-order valence-corrected chi connectivity index (χ2v) is 6.24. The van der Waals surface area contributed by atoms with Crippen molar-refractivity contribution in [2.75, 3.05) is 26.7 Å². The fraction of sp³-hybridized carbons (Fsp3) is 0.688.